The summed E-state index contributed by atoms with van der Waals surface area (Å²) in [7, 11) is 0. The lowest BCUT2D eigenvalue weighted by Crippen LogP contribution is -2.28. The van der Waals surface area contributed by atoms with E-state index in [4.69, 9.17) is 4.42 Å². The molecule has 0 aliphatic carbocycles. The van der Waals surface area contributed by atoms with Gasteiger partial charge in [0.1, 0.15) is 12.9 Å². The Morgan fingerprint density at radius 3 is 2.53 bits per heavy atom. The van der Waals surface area contributed by atoms with E-state index in [0.717, 1.165) is 11.3 Å². The van der Waals surface area contributed by atoms with Crippen LogP contribution in [0.1, 0.15) is 31.8 Å². The van der Waals surface area contributed by atoms with Crippen molar-refractivity contribution in [3.05, 3.63) is 83.3 Å². The average Bonchev–Trinajstić information content (AvgIpc) is 3.43. The highest BCUT2D eigenvalue weighted by molar-refractivity contribution is 6.08. The van der Waals surface area contributed by atoms with Gasteiger partial charge in [0.05, 0.1) is 18.4 Å². The zero-order valence-corrected chi connectivity index (χ0v) is 16.8. The standard InChI is InChI=1S/C23H19F3N2O4/c24-23(25,26)14-32-12-15-1-3-16(4-2-15)21(29)27-19-5-6-20-17(11-19)7-9-28(20)22(30)18-8-10-31-13-18/h1-6,8,10-11,13H,7,9,12,14H2,(H,27,29). The van der Waals surface area contributed by atoms with Gasteiger partial charge < -0.3 is 19.4 Å². The number of halogens is 3. The first-order valence-electron chi connectivity index (χ1n) is 9.82. The molecule has 0 radical (unpaired) electrons. The first-order valence-corrected chi connectivity index (χ1v) is 9.82. The maximum Gasteiger partial charge on any atom is 0.411 e. The fourth-order valence-electron chi connectivity index (χ4n) is 3.47. The Morgan fingerprint density at radius 2 is 1.84 bits per heavy atom. The molecule has 1 aromatic heterocycles. The summed E-state index contributed by atoms with van der Waals surface area (Å²) >= 11 is 0. The van der Waals surface area contributed by atoms with Crippen molar-refractivity contribution in [1.82, 2.24) is 0 Å². The number of nitrogens with zero attached hydrogens (tertiary/aromatic N) is 1. The predicted octanol–water partition coefficient (Wildman–Crippen LogP) is 4.81. The Kier molecular flexibility index (Phi) is 6.00. The van der Waals surface area contributed by atoms with Gasteiger partial charge in [0.15, 0.2) is 0 Å². The second-order valence-electron chi connectivity index (χ2n) is 7.32. The number of amides is 2. The normalized spacial score (nSPS) is 13.2. The van der Waals surface area contributed by atoms with E-state index in [2.05, 4.69) is 10.1 Å². The molecule has 0 saturated heterocycles. The Labute approximate surface area is 181 Å². The van der Waals surface area contributed by atoms with Crippen molar-refractivity contribution in [3.63, 3.8) is 0 Å². The van der Waals surface area contributed by atoms with E-state index >= 15 is 0 Å². The number of carbonyl (C=O) groups excluding carboxylic acids is 2. The van der Waals surface area contributed by atoms with Crippen LogP contribution in [0.15, 0.2) is 65.5 Å². The zero-order valence-electron chi connectivity index (χ0n) is 16.8. The first-order chi connectivity index (χ1) is 15.3. The van der Waals surface area contributed by atoms with Crippen LogP contribution < -0.4 is 10.2 Å². The van der Waals surface area contributed by atoms with Crippen molar-refractivity contribution in [1.29, 1.82) is 0 Å². The van der Waals surface area contributed by atoms with Gasteiger partial charge >= 0.3 is 6.18 Å². The van der Waals surface area contributed by atoms with Crippen LogP contribution in [0.4, 0.5) is 24.5 Å². The highest BCUT2D eigenvalue weighted by atomic mass is 19.4. The van der Waals surface area contributed by atoms with Crippen LogP contribution >= 0.6 is 0 Å². The van der Waals surface area contributed by atoms with Gasteiger partial charge in [-0.1, -0.05) is 12.1 Å². The molecule has 9 heteroatoms. The third-order valence-electron chi connectivity index (χ3n) is 5.00. The fourth-order valence-corrected chi connectivity index (χ4v) is 3.47. The summed E-state index contributed by atoms with van der Waals surface area (Å²) in [5.41, 5.74) is 3.69. The van der Waals surface area contributed by atoms with Crippen molar-refractivity contribution in [2.75, 3.05) is 23.4 Å². The molecular formula is C23H19F3N2O4. The molecule has 1 aliphatic heterocycles. The molecule has 0 saturated carbocycles. The van der Waals surface area contributed by atoms with E-state index in [0.29, 0.717) is 35.3 Å². The Morgan fingerprint density at radius 1 is 1.06 bits per heavy atom. The van der Waals surface area contributed by atoms with Gasteiger partial charge in [0, 0.05) is 23.5 Å². The minimum atomic E-state index is -4.38. The van der Waals surface area contributed by atoms with Gasteiger partial charge in [0.25, 0.3) is 11.8 Å². The van der Waals surface area contributed by atoms with Gasteiger partial charge in [-0.05, 0) is 53.9 Å². The molecule has 2 aromatic carbocycles. The number of hydrogen-bond donors (Lipinski definition) is 1. The molecule has 4 rings (SSSR count). The lowest BCUT2D eigenvalue weighted by Gasteiger charge is -2.16. The second-order valence-corrected chi connectivity index (χ2v) is 7.32. The molecule has 0 bridgehead atoms. The third kappa shape index (κ3) is 5.00. The minimum absolute atomic E-state index is 0.145. The summed E-state index contributed by atoms with van der Waals surface area (Å²) in [6, 6.07) is 13.1. The van der Waals surface area contributed by atoms with E-state index in [1.807, 2.05) is 6.07 Å². The Bertz CT molecular complexity index is 1110. The third-order valence-corrected chi connectivity index (χ3v) is 5.00. The Balaban J connectivity index is 1.37. The van der Waals surface area contributed by atoms with Gasteiger partial charge in [0.2, 0.25) is 0 Å². The average molecular weight is 444 g/mol. The van der Waals surface area contributed by atoms with E-state index in [1.54, 1.807) is 35.2 Å². The van der Waals surface area contributed by atoms with E-state index in [9.17, 15) is 22.8 Å². The number of anilines is 2. The Hall–Kier alpha value is -3.59. The van der Waals surface area contributed by atoms with Crippen molar-refractivity contribution in [2.24, 2.45) is 0 Å². The number of carbonyl (C=O) groups is 2. The molecule has 0 spiro atoms. The topological polar surface area (TPSA) is 71.8 Å². The molecule has 0 atom stereocenters. The van der Waals surface area contributed by atoms with Gasteiger partial charge in [-0.15, -0.1) is 0 Å². The maximum atomic E-state index is 12.6. The van der Waals surface area contributed by atoms with Crippen LogP contribution in [0.2, 0.25) is 0 Å². The van der Waals surface area contributed by atoms with Crippen LogP contribution in [-0.2, 0) is 17.8 Å². The van der Waals surface area contributed by atoms with Gasteiger partial charge in [-0.2, -0.15) is 13.2 Å². The van der Waals surface area contributed by atoms with Crippen molar-refractivity contribution < 1.29 is 31.9 Å². The summed E-state index contributed by atoms with van der Waals surface area (Å²) in [6.07, 6.45) is -0.859. The number of furan rings is 1. The van der Waals surface area contributed by atoms with Crippen molar-refractivity contribution in [3.8, 4) is 0 Å². The number of benzene rings is 2. The van der Waals surface area contributed by atoms with E-state index < -0.39 is 12.8 Å². The smallest absolute Gasteiger partial charge is 0.411 e. The zero-order chi connectivity index (χ0) is 22.7. The quantitative estimate of drug-likeness (QED) is 0.592. The SMILES string of the molecule is O=C(Nc1ccc2c(c1)CCN2C(=O)c1ccoc1)c1ccc(COCC(F)(F)F)cc1. The molecule has 1 N–H and O–H groups in total. The predicted molar refractivity (Wildman–Crippen MR) is 111 cm³/mol. The number of rotatable bonds is 6. The molecule has 0 unspecified atom stereocenters. The molecular weight excluding hydrogens is 425 g/mol. The largest absolute Gasteiger partial charge is 0.472 e. The number of hydrogen-bond acceptors (Lipinski definition) is 4. The first kappa shape index (κ1) is 21.6. The molecule has 2 heterocycles. The molecule has 3 aromatic rings. The molecule has 32 heavy (non-hydrogen) atoms. The second kappa shape index (κ2) is 8.88. The van der Waals surface area contributed by atoms with E-state index in [-0.39, 0.29) is 18.4 Å². The van der Waals surface area contributed by atoms with Gasteiger partial charge in [-0.25, -0.2) is 0 Å². The summed E-state index contributed by atoms with van der Waals surface area (Å²) in [6.45, 7) is -0.979. The maximum absolute atomic E-state index is 12.6. The lowest BCUT2D eigenvalue weighted by atomic mass is 10.1. The summed E-state index contributed by atoms with van der Waals surface area (Å²) in [4.78, 5) is 26.8. The van der Waals surface area contributed by atoms with Crippen LogP contribution in [0.5, 0.6) is 0 Å². The van der Waals surface area contributed by atoms with Crippen LogP contribution in [-0.4, -0.2) is 31.1 Å². The molecule has 2 amide bonds. The van der Waals surface area contributed by atoms with Crippen molar-refractivity contribution in [2.45, 2.75) is 19.2 Å². The van der Waals surface area contributed by atoms with Crippen LogP contribution in [0.3, 0.4) is 0 Å². The summed E-state index contributed by atoms with van der Waals surface area (Å²) in [5, 5.41) is 2.80. The minimum Gasteiger partial charge on any atom is -0.472 e. The van der Waals surface area contributed by atoms with Crippen LogP contribution in [0.25, 0.3) is 0 Å². The summed E-state index contributed by atoms with van der Waals surface area (Å²) < 4.78 is 46.0. The highest BCUT2D eigenvalue weighted by Gasteiger charge is 2.28. The molecule has 0 fully saturated rings. The fraction of sp³-hybridized carbons (Fsp3) is 0.217. The number of nitrogens with one attached hydrogen (secondary N) is 1. The van der Waals surface area contributed by atoms with Crippen molar-refractivity contribution >= 4 is 23.2 Å². The van der Waals surface area contributed by atoms with Crippen LogP contribution in [0, 0.1) is 0 Å². The monoisotopic (exact) mass is 444 g/mol. The molecule has 1 aliphatic rings. The molecule has 6 nitrogen and oxygen atoms in total. The van der Waals surface area contributed by atoms with Gasteiger partial charge in [-0.3, -0.25) is 9.59 Å². The van der Waals surface area contributed by atoms with E-state index in [1.165, 1.54) is 24.7 Å². The highest BCUT2D eigenvalue weighted by Crippen LogP contribution is 2.32. The number of fused-ring (bicyclic) bond motifs is 1. The lowest BCUT2D eigenvalue weighted by molar-refractivity contribution is -0.176. The molecule has 166 valence electrons. The number of ether oxygens (including phenoxy) is 1. The number of alkyl halides is 3. The summed E-state index contributed by atoms with van der Waals surface area (Å²) in [5.74, 6) is -0.495.